The molecule has 3 fully saturated rings. The molecule has 5 aliphatic rings. The quantitative estimate of drug-likeness (QED) is 0.309. The first-order valence-electron chi connectivity index (χ1n) is 18.0. The zero-order valence-corrected chi connectivity index (χ0v) is 31.0. The van der Waals surface area contributed by atoms with Gasteiger partial charge < -0.3 is 19.5 Å². The van der Waals surface area contributed by atoms with Gasteiger partial charge in [0.15, 0.2) is 0 Å². The van der Waals surface area contributed by atoms with Crippen molar-refractivity contribution in [2.45, 2.75) is 95.5 Å². The van der Waals surface area contributed by atoms with Gasteiger partial charge in [0.2, 0.25) is 10.0 Å². The van der Waals surface area contributed by atoms with Gasteiger partial charge in [-0.3, -0.25) is 4.79 Å². The summed E-state index contributed by atoms with van der Waals surface area (Å²) in [5, 5.41) is 11.1. The normalized spacial score (nSPS) is 35.8. The van der Waals surface area contributed by atoms with E-state index >= 15 is 0 Å². The summed E-state index contributed by atoms with van der Waals surface area (Å²) in [4.78, 5) is 15.9. The SMILES string of the molecule is C=C1/C(=C\C(Cl)=C/C)CCC[C@]12COc1ccc3cc1N(C[C@@H]1CC[C@H]1[C@@](C[C@H](O)C1CC1)(OC)/C=C/C[C@H](C)[C@@H](C)S(=O)(=O)NC3=O)C2. The molecule has 1 aromatic rings. The molecule has 10 heteroatoms. The molecule has 1 amide bonds. The Morgan fingerprint density at radius 1 is 1.27 bits per heavy atom. The van der Waals surface area contributed by atoms with Gasteiger partial charge in [0, 0.05) is 42.6 Å². The van der Waals surface area contributed by atoms with E-state index in [0.717, 1.165) is 61.8 Å². The predicted molar refractivity (Wildman–Crippen MR) is 195 cm³/mol. The zero-order valence-electron chi connectivity index (χ0n) is 29.4. The average Bonchev–Trinajstić information content (AvgIpc) is 3.92. The van der Waals surface area contributed by atoms with Crippen LogP contribution in [0.2, 0.25) is 0 Å². The largest absolute Gasteiger partial charge is 0.490 e. The van der Waals surface area contributed by atoms with Crippen molar-refractivity contribution in [3.05, 3.63) is 70.8 Å². The molecule has 3 aliphatic carbocycles. The number of halogens is 1. The molecular weight excluding hydrogens is 660 g/mol. The molecule has 8 nitrogen and oxygen atoms in total. The van der Waals surface area contributed by atoms with Crippen LogP contribution in [0, 0.1) is 29.1 Å². The molecule has 1 spiro atoms. The number of carbonyl (C=O) groups excluding carboxylic acids is 1. The number of methoxy groups -OCH3 is 1. The maximum atomic E-state index is 13.5. The van der Waals surface area contributed by atoms with Crippen LogP contribution in [0.3, 0.4) is 0 Å². The van der Waals surface area contributed by atoms with Crippen molar-refractivity contribution < 1.29 is 27.8 Å². The summed E-state index contributed by atoms with van der Waals surface area (Å²) in [6, 6.07) is 5.23. The van der Waals surface area contributed by atoms with Gasteiger partial charge in [0.25, 0.3) is 5.91 Å². The highest BCUT2D eigenvalue weighted by Crippen LogP contribution is 2.52. The number of rotatable bonds is 5. The molecule has 0 radical (unpaired) electrons. The second-order valence-corrected chi connectivity index (χ2v) is 17.8. The molecule has 6 rings (SSSR count). The lowest BCUT2D eigenvalue weighted by molar-refractivity contribution is -0.101. The number of ether oxygens (including phenoxy) is 2. The number of sulfonamides is 1. The Kier molecular flexibility index (Phi) is 10.5. The van der Waals surface area contributed by atoms with Gasteiger partial charge >= 0.3 is 0 Å². The first-order valence-corrected chi connectivity index (χ1v) is 19.9. The minimum atomic E-state index is -3.97. The van der Waals surface area contributed by atoms with E-state index in [4.69, 9.17) is 21.1 Å². The Bertz CT molecular complexity index is 1650. The minimum absolute atomic E-state index is 0.153. The fourth-order valence-electron chi connectivity index (χ4n) is 8.50. The van der Waals surface area contributed by atoms with E-state index in [0.29, 0.717) is 49.2 Å². The lowest BCUT2D eigenvalue weighted by atomic mass is 9.62. The lowest BCUT2D eigenvalue weighted by Crippen LogP contribution is -2.53. The van der Waals surface area contributed by atoms with Crippen LogP contribution in [0.1, 0.15) is 88.9 Å². The fourth-order valence-corrected chi connectivity index (χ4v) is 9.92. The fraction of sp³-hybridized carbons (Fsp3) is 0.615. The lowest BCUT2D eigenvalue weighted by Gasteiger charge is -2.51. The van der Waals surface area contributed by atoms with Crippen molar-refractivity contribution in [3.8, 4) is 5.75 Å². The van der Waals surface area contributed by atoms with Gasteiger partial charge in [-0.2, -0.15) is 0 Å². The van der Waals surface area contributed by atoms with Crippen LogP contribution in [0.15, 0.2) is 65.3 Å². The minimum Gasteiger partial charge on any atom is -0.490 e. The highest BCUT2D eigenvalue weighted by atomic mass is 35.5. The van der Waals surface area contributed by atoms with Crippen molar-refractivity contribution in [2.24, 2.45) is 29.1 Å². The van der Waals surface area contributed by atoms with Gasteiger partial charge in [0.05, 0.1) is 29.2 Å². The second-order valence-electron chi connectivity index (χ2n) is 15.3. The molecule has 3 saturated carbocycles. The van der Waals surface area contributed by atoms with Gasteiger partial charge in [-0.1, -0.05) is 43.3 Å². The molecule has 2 aliphatic heterocycles. The Hall–Kier alpha value is -2.59. The maximum absolute atomic E-state index is 13.5. The molecule has 2 N–H and O–H groups in total. The van der Waals surface area contributed by atoms with Crippen LogP contribution in [0.25, 0.3) is 0 Å². The van der Waals surface area contributed by atoms with Crippen LogP contribution < -0.4 is 14.4 Å². The van der Waals surface area contributed by atoms with Gasteiger partial charge in [-0.05, 0) is 124 Å². The van der Waals surface area contributed by atoms with Crippen LogP contribution in [-0.2, 0) is 14.8 Å². The molecule has 7 atom stereocenters. The zero-order chi connectivity index (χ0) is 35.1. The molecule has 0 saturated heterocycles. The summed E-state index contributed by atoms with van der Waals surface area (Å²) < 4.78 is 42.3. The van der Waals surface area contributed by atoms with Crippen LogP contribution in [0.5, 0.6) is 5.75 Å². The second kappa shape index (κ2) is 14.2. The maximum Gasteiger partial charge on any atom is 0.264 e. The van der Waals surface area contributed by atoms with Crippen LogP contribution >= 0.6 is 11.6 Å². The number of aliphatic hydroxyl groups excluding tert-OH is 1. The molecule has 0 unspecified atom stereocenters. The van der Waals surface area contributed by atoms with Gasteiger partial charge in [-0.25, -0.2) is 13.1 Å². The third kappa shape index (κ3) is 7.28. The van der Waals surface area contributed by atoms with Crippen molar-refractivity contribution in [3.63, 3.8) is 0 Å². The number of nitrogens with one attached hydrogen (secondary N) is 1. The Morgan fingerprint density at radius 3 is 2.71 bits per heavy atom. The summed E-state index contributed by atoms with van der Waals surface area (Å²) >= 11 is 6.49. The van der Waals surface area contributed by atoms with Gasteiger partial charge in [0.1, 0.15) is 5.75 Å². The smallest absolute Gasteiger partial charge is 0.264 e. The van der Waals surface area contributed by atoms with E-state index in [1.54, 1.807) is 32.2 Å². The van der Waals surface area contributed by atoms with Crippen LogP contribution in [-0.4, -0.2) is 63.2 Å². The molecule has 268 valence electrons. The molecule has 49 heavy (non-hydrogen) atoms. The number of fused-ring (bicyclic) bond motifs is 2. The number of hydrogen-bond acceptors (Lipinski definition) is 7. The van der Waals surface area contributed by atoms with Crippen molar-refractivity contribution in [1.82, 2.24) is 4.72 Å². The van der Waals surface area contributed by atoms with E-state index in [-0.39, 0.29) is 28.7 Å². The summed E-state index contributed by atoms with van der Waals surface area (Å²) in [6.45, 7) is 11.8. The molecule has 1 aromatic carbocycles. The number of allylic oxidation sites excluding steroid dienone is 5. The predicted octanol–water partition coefficient (Wildman–Crippen LogP) is 7.30. The first-order chi connectivity index (χ1) is 23.3. The van der Waals surface area contributed by atoms with Gasteiger partial charge in [-0.15, -0.1) is 0 Å². The first kappa shape index (κ1) is 36.2. The van der Waals surface area contributed by atoms with E-state index in [2.05, 4.69) is 22.3 Å². The average molecular weight is 713 g/mol. The Labute approximate surface area is 297 Å². The number of benzene rings is 1. The number of nitrogens with zero attached hydrogens (tertiary/aromatic N) is 1. The number of hydrogen-bond donors (Lipinski definition) is 2. The number of anilines is 1. The third-order valence-corrected chi connectivity index (χ3v) is 14.5. The molecule has 0 aromatic heterocycles. The standard InChI is InChI=1S/C39H53ClN2O6S/c1-6-32(40)19-29-10-8-17-38(26(29)3)23-42-22-31-13-15-33(31)39(47-5,21-35(43)28-11-12-28)18-7-9-25(2)27(4)49(45,46)41-37(44)30-14-16-36(48-24-38)34(42)20-30/h6-7,14,16,18-20,25,27-28,31,33,35,43H,3,8-13,15,17,21-24H2,1-2,4-5H3,(H,41,44)/b18-7+,29-19-,32-6+/t25-,27+,31-,33+,35-,38-,39+/m0/s1. The monoisotopic (exact) mass is 712 g/mol. The highest BCUT2D eigenvalue weighted by Gasteiger charge is 2.51. The summed E-state index contributed by atoms with van der Waals surface area (Å²) in [6.07, 6.45) is 15.4. The molecule has 2 bridgehead atoms. The summed E-state index contributed by atoms with van der Waals surface area (Å²) in [5.74, 6) is 0.464. The third-order valence-electron chi connectivity index (χ3n) is 12.3. The number of carbonyl (C=O) groups is 1. The van der Waals surface area contributed by atoms with Crippen LogP contribution in [0.4, 0.5) is 5.69 Å². The Balaban J connectivity index is 1.43. The van der Waals surface area contributed by atoms with E-state index in [1.165, 1.54) is 0 Å². The molecular formula is C39H53ClN2O6S. The number of amides is 1. The van der Waals surface area contributed by atoms with Crippen molar-refractivity contribution in [2.75, 3.05) is 31.7 Å². The van der Waals surface area contributed by atoms with E-state index in [9.17, 15) is 18.3 Å². The van der Waals surface area contributed by atoms with Crippen molar-refractivity contribution >= 4 is 33.2 Å². The summed E-state index contributed by atoms with van der Waals surface area (Å²) in [7, 11) is -2.23. The number of aliphatic hydroxyl groups is 1. The summed E-state index contributed by atoms with van der Waals surface area (Å²) in [5.41, 5.74) is 2.13. The topological polar surface area (TPSA) is 105 Å². The van der Waals surface area contributed by atoms with E-state index < -0.39 is 32.9 Å². The molecule has 2 heterocycles. The Morgan fingerprint density at radius 2 is 2.04 bits per heavy atom. The van der Waals surface area contributed by atoms with E-state index in [1.807, 2.05) is 32.1 Å². The van der Waals surface area contributed by atoms with Crippen molar-refractivity contribution in [1.29, 1.82) is 0 Å². The highest BCUT2D eigenvalue weighted by molar-refractivity contribution is 7.90.